The Bertz CT molecular complexity index is 599. The number of aliphatic carboxylic acids is 1. The van der Waals surface area contributed by atoms with Crippen LogP contribution in [-0.2, 0) is 14.3 Å². The summed E-state index contributed by atoms with van der Waals surface area (Å²) in [4.78, 5) is 9.00. The maximum absolute atomic E-state index is 9.86. The average molecular weight is 306 g/mol. The summed E-state index contributed by atoms with van der Waals surface area (Å²) in [5.74, 6) is -0.555. The highest BCUT2D eigenvalue weighted by atomic mass is 16.7. The number of carbonyl (C=O) groups is 1. The number of aromatic hydroxyl groups is 1. The minimum atomic E-state index is -0.833. The van der Waals surface area contributed by atoms with Crippen molar-refractivity contribution in [3.8, 4) is 5.75 Å². The number of hydrogen-bond acceptors (Lipinski definition) is 4. The summed E-state index contributed by atoms with van der Waals surface area (Å²) in [6.45, 7) is 6.13. The van der Waals surface area contributed by atoms with Gasteiger partial charge >= 0.3 is 0 Å². The van der Waals surface area contributed by atoms with Gasteiger partial charge in [-0.05, 0) is 31.4 Å². The molecule has 5 heteroatoms. The van der Waals surface area contributed by atoms with Gasteiger partial charge in [-0.15, -0.1) is 0 Å². The minimum Gasteiger partial charge on any atom is -0.507 e. The first-order valence-corrected chi connectivity index (χ1v) is 7.14. The van der Waals surface area contributed by atoms with Crippen LogP contribution in [0.2, 0.25) is 0 Å². The van der Waals surface area contributed by atoms with E-state index in [2.05, 4.69) is 0 Å². The molecule has 0 saturated carbocycles. The van der Waals surface area contributed by atoms with Crippen LogP contribution in [0.4, 0.5) is 0 Å². The van der Waals surface area contributed by atoms with Crippen LogP contribution in [0.1, 0.15) is 32.6 Å². The Morgan fingerprint density at radius 2 is 1.55 bits per heavy atom. The topological polar surface area (TPSA) is 76.0 Å². The second-order valence-corrected chi connectivity index (χ2v) is 4.48. The van der Waals surface area contributed by atoms with E-state index in [0.29, 0.717) is 13.2 Å². The van der Waals surface area contributed by atoms with Crippen molar-refractivity contribution in [1.29, 1.82) is 0 Å². The Kier molecular flexibility index (Phi) is 7.36. The molecule has 120 valence electrons. The first kappa shape index (κ1) is 17.9. The fraction of sp³-hybridized carbons (Fsp3) is 0.353. The SMILES string of the molecule is CC(=O)O.CCOC(OCC)c1ccc(O)c2ccccc12. The first-order valence-electron chi connectivity index (χ1n) is 7.14. The van der Waals surface area contributed by atoms with Crippen LogP contribution in [0, 0.1) is 0 Å². The molecular formula is C17H22O5. The van der Waals surface area contributed by atoms with E-state index in [-0.39, 0.29) is 12.0 Å². The maximum atomic E-state index is 9.86. The van der Waals surface area contributed by atoms with Crippen molar-refractivity contribution in [1.82, 2.24) is 0 Å². The van der Waals surface area contributed by atoms with E-state index in [1.54, 1.807) is 6.07 Å². The quantitative estimate of drug-likeness (QED) is 0.824. The van der Waals surface area contributed by atoms with Gasteiger partial charge in [0.25, 0.3) is 5.97 Å². The van der Waals surface area contributed by atoms with Gasteiger partial charge in [-0.3, -0.25) is 4.79 Å². The lowest BCUT2D eigenvalue weighted by Crippen LogP contribution is -2.09. The zero-order chi connectivity index (χ0) is 16.5. The Morgan fingerprint density at radius 1 is 1.05 bits per heavy atom. The first-order chi connectivity index (χ1) is 10.5. The highest BCUT2D eigenvalue weighted by molar-refractivity contribution is 5.90. The molecule has 0 saturated heterocycles. The van der Waals surface area contributed by atoms with Crippen molar-refractivity contribution in [2.75, 3.05) is 13.2 Å². The van der Waals surface area contributed by atoms with Gasteiger partial charge in [-0.25, -0.2) is 0 Å². The largest absolute Gasteiger partial charge is 0.507 e. The number of hydrogen-bond donors (Lipinski definition) is 2. The lowest BCUT2D eigenvalue weighted by Gasteiger charge is -2.19. The van der Waals surface area contributed by atoms with Crippen LogP contribution < -0.4 is 0 Å². The van der Waals surface area contributed by atoms with E-state index in [9.17, 15) is 5.11 Å². The summed E-state index contributed by atoms with van der Waals surface area (Å²) >= 11 is 0. The maximum Gasteiger partial charge on any atom is 0.300 e. The molecule has 0 unspecified atom stereocenters. The molecule has 22 heavy (non-hydrogen) atoms. The Balaban J connectivity index is 0.000000541. The molecule has 0 atom stereocenters. The lowest BCUT2D eigenvalue weighted by molar-refractivity contribution is -0.139. The van der Waals surface area contributed by atoms with Crippen LogP contribution in [-0.4, -0.2) is 29.4 Å². The van der Waals surface area contributed by atoms with E-state index < -0.39 is 5.97 Å². The summed E-state index contributed by atoms with van der Waals surface area (Å²) in [5.41, 5.74) is 0.951. The number of carboxylic acid groups (broad SMARTS) is 1. The van der Waals surface area contributed by atoms with Crippen LogP contribution in [0.25, 0.3) is 10.8 Å². The number of rotatable bonds is 5. The molecule has 2 N–H and O–H groups in total. The number of phenolic OH excluding ortho intramolecular Hbond substituents is 1. The van der Waals surface area contributed by atoms with E-state index in [0.717, 1.165) is 23.3 Å². The fourth-order valence-electron chi connectivity index (χ4n) is 2.04. The monoisotopic (exact) mass is 306 g/mol. The third kappa shape index (κ3) is 5.02. The normalized spacial score (nSPS) is 10.4. The van der Waals surface area contributed by atoms with E-state index in [1.807, 2.05) is 44.2 Å². The molecule has 2 rings (SSSR count). The third-order valence-electron chi connectivity index (χ3n) is 2.82. The second-order valence-electron chi connectivity index (χ2n) is 4.48. The summed E-state index contributed by atoms with van der Waals surface area (Å²) < 4.78 is 11.2. The number of benzene rings is 2. The van der Waals surface area contributed by atoms with Crippen molar-refractivity contribution in [2.24, 2.45) is 0 Å². The van der Waals surface area contributed by atoms with Gasteiger partial charge < -0.3 is 19.7 Å². The molecule has 0 fully saturated rings. The van der Waals surface area contributed by atoms with Crippen LogP contribution in [0.3, 0.4) is 0 Å². The molecule has 5 nitrogen and oxygen atoms in total. The van der Waals surface area contributed by atoms with Gasteiger partial charge in [0.05, 0.1) is 0 Å². The molecule has 0 aromatic heterocycles. The summed E-state index contributed by atoms with van der Waals surface area (Å²) in [6, 6.07) is 11.2. The van der Waals surface area contributed by atoms with Crippen LogP contribution >= 0.6 is 0 Å². The van der Waals surface area contributed by atoms with Crippen molar-refractivity contribution in [3.63, 3.8) is 0 Å². The van der Waals surface area contributed by atoms with E-state index >= 15 is 0 Å². The van der Waals surface area contributed by atoms with Gasteiger partial charge in [0, 0.05) is 31.1 Å². The molecule has 0 amide bonds. The molecule has 0 aliphatic heterocycles. The van der Waals surface area contributed by atoms with Crippen LogP contribution in [0.5, 0.6) is 5.75 Å². The second kappa shape index (κ2) is 9.02. The molecule has 2 aromatic rings. The zero-order valence-electron chi connectivity index (χ0n) is 13.1. The average Bonchev–Trinajstić information content (AvgIpc) is 2.47. The molecule has 0 spiro atoms. The number of carboxylic acids is 1. The van der Waals surface area contributed by atoms with Crippen LogP contribution in [0.15, 0.2) is 36.4 Å². The molecular weight excluding hydrogens is 284 g/mol. The van der Waals surface area contributed by atoms with Gasteiger partial charge in [0.2, 0.25) is 0 Å². The van der Waals surface area contributed by atoms with Gasteiger partial charge in [-0.2, -0.15) is 0 Å². The molecule has 0 heterocycles. The molecule has 0 aliphatic rings. The van der Waals surface area contributed by atoms with Gasteiger partial charge in [0.1, 0.15) is 5.75 Å². The highest BCUT2D eigenvalue weighted by Crippen LogP contribution is 2.32. The third-order valence-corrected chi connectivity index (χ3v) is 2.82. The number of phenols is 1. The molecule has 0 radical (unpaired) electrons. The van der Waals surface area contributed by atoms with E-state index in [1.165, 1.54) is 0 Å². The van der Waals surface area contributed by atoms with Crippen molar-refractivity contribution in [2.45, 2.75) is 27.1 Å². The highest BCUT2D eigenvalue weighted by Gasteiger charge is 2.15. The minimum absolute atomic E-state index is 0.279. The number of fused-ring (bicyclic) bond motifs is 1. The Labute approximate surface area is 130 Å². The van der Waals surface area contributed by atoms with E-state index in [4.69, 9.17) is 19.4 Å². The van der Waals surface area contributed by atoms with Crippen molar-refractivity contribution < 1.29 is 24.5 Å². The zero-order valence-corrected chi connectivity index (χ0v) is 13.1. The number of ether oxygens (including phenoxy) is 2. The molecule has 0 aliphatic carbocycles. The Hall–Kier alpha value is -2.11. The van der Waals surface area contributed by atoms with Crippen molar-refractivity contribution in [3.05, 3.63) is 42.0 Å². The summed E-state index contributed by atoms with van der Waals surface area (Å²) in [5, 5.41) is 19.1. The predicted octanol–water partition coefficient (Wildman–Crippen LogP) is 3.71. The molecule has 0 bridgehead atoms. The lowest BCUT2D eigenvalue weighted by atomic mass is 10.0. The predicted molar refractivity (Wildman–Crippen MR) is 84.9 cm³/mol. The summed E-state index contributed by atoms with van der Waals surface area (Å²) in [7, 11) is 0. The smallest absolute Gasteiger partial charge is 0.300 e. The van der Waals surface area contributed by atoms with Gasteiger partial charge in [-0.1, -0.05) is 24.3 Å². The van der Waals surface area contributed by atoms with Gasteiger partial charge in [0.15, 0.2) is 6.29 Å². The molecule has 2 aromatic carbocycles. The van der Waals surface area contributed by atoms with Crippen molar-refractivity contribution >= 4 is 16.7 Å². The summed E-state index contributed by atoms with van der Waals surface area (Å²) in [6.07, 6.45) is -0.384. The standard InChI is InChI=1S/C15H18O3.C2H4O2/c1-3-17-15(18-4-2)13-9-10-14(16)12-8-6-5-7-11(12)13;1-2(3)4/h5-10,15-16H,3-4H2,1-2H3;1H3,(H,3,4). The fourth-order valence-corrected chi connectivity index (χ4v) is 2.04. The Morgan fingerprint density at radius 3 is 2.05 bits per heavy atom.